The second-order valence-corrected chi connectivity index (χ2v) is 8.87. The molecular formula is C22H29N7O3S. The highest BCUT2D eigenvalue weighted by Gasteiger charge is 2.23. The van der Waals surface area contributed by atoms with Gasteiger partial charge in [0.1, 0.15) is 5.82 Å². The van der Waals surface area contributed by atoms with Crippen LogP contribution < -0.4 is 4.74 Å². The van der Waals surface area contributed by atoms with E-state index < -0.39 is 6.09 Å². The zero-order valence-corrected chi connectivity index (χ0v) is 19.9. The smallest absolute Gasteiger partial charge is 0.415 e. The molecule has 3 aromatic rings. The fourth-order valence-corrected chi connectivity index (χ4v) is 4.10. The Labute approximate surface area is 197 Å². The molecule has 1 saturated heterocycles. The molecule has 0 unspecified atom stereocenters. The summed E-state index contributed by atoms with van der Waals surface area (Å²) in [7, 11) is 1.96. The summed E-state index contributed by atoms with van der Waals surface area (Å²) >= 11 is 5.31. The summed E-state index contributed by atoms with van der Waals surface area (Å²) in [5.74, 6) is 0.908. The van der Waals surface area contributed by atoms with Gasteiger partial charge in [0.2, 0.25) is 5.88 Å². The SMILES string of the molecule is CC(C)c1[nH]c(=S)n(-c2ccc(OC(=O)N3CCN(CCc4cn(C)cn4)CC3)cn2)c1O. The van der Waals surface area contributed by atoms with Gasteiger partial charge in [-0.25, -0.2) is 19.3 Å². The molecule has 0 saturated carbocycles. The molecule has 4 heterocycles. The standard InChI is InChI=1S/C22H29N7O3S/c1-15(2)19-20(30)29(21(33)25-19)18-5-4-17(12-23-18)32-22(31)28-10-8-27(9-11-28)7-6-16-13-26(3)14-24-16/h4-5,12-15,30H,6-11H2,1-3H3,(H,25,33). The van der Waals surface area contributed by atoms with Crippen LogP contribution in [0, 0.1) is 4.77 Å². The van der Waals surface area contributed by atoms with Gasteiger partial charge in [-0.2, -0.15) is 0 Å². The predicted octanol–water partition coefficient (Wildman–Crippen LogP) is 2.85. The van der Waals surface area contributed by atoms with Crippen molar-refractivity contribution in [3.8, 4) is 17.4 Å². The summed E-state index contributed by atoms with van der Waals surface area (Å²) in [5, 5.41) is 10.5. The van der Waals surface area contributed by atoms with Crippen molar-refractivity contribution in [2.45, 2.75) is 26.2 Å². The fraction of sp³-hybridized carbons (Fsp3) is 0.455. The van der Waals surface area contributed by atoms with Gasteiger partial charge < -0.3 is 24.3 Å². The Morgan fingerprint density at radius 2 is 2.00 bits per heavy atom. The third-order valence-corrected chi connectivity index (χ3v) is 5.99. The Balaban J connectivity index is 1.30. The molecule has 11 heteroatoms. The second kappa shape index (κ2) is 9.75. The van der Waals surface area contributed by atoms with Crippen LogP contribution in [0.5, 0.6) is 11.6 Å². The number of imidazole rings is 2. The number of aromatic amines is 1. The molecule has 3 aromatic heterocycles. The quantitative estimate of drug-likeness (QED) is 0.533. The maximum Gasteiger partial charge on any atom is 0.415 e. The maximum atomic E-state index is 12.6. The van der Waals surface area contributed by atoms with Gasteiger partial charge in [-0.1, -0.05) is 13.8 Å². The van der Waals surface area contributed by atoms with E-state index in [9.17, 15) is 9.90 Å². The number of hydrogen-bond acceptors (Lipinski definition) is 7. The van der Waals surface area contributed by atoms with E-state index in [2.05, 4.69) is 19.9 Å². The summed E-state index contributed by atoms with van der Waals surface area (Å²) in [6, 6.07) is 3.30. The molecule has 4 rings (SSSR count). The van der Waals surface area contributed by atoms with Crippen LogP contribution in [0.15, 0.2) is 30.9 Å². The van der Waals surface area contributed by atoms with E-state index >= 15 is 0 Å². The number of hydrogen-bond donors (Lipinski definition) is 2. The van der Waals surface area contributed by atoms with E-state index in [1.54, 1.807) is 17.0 Å². The van der Waals surface area contributed by atoms with Gasteiger partial charge in [0, 0.05) is 52.4 Å². The van der Waals surface area contributed by atoms with Crippen LogP contribution >= 0.6 is 12.2 Å². The molecule has 176 valence electrons. The van der Waals surface area contributed by atoms with Crippen molar-refractivity contribution in [1.82, 2.24) is 33.9 Å². The van der Waals surface area contributed by atoms with Crippen LogP contribution in [0.1, 0.15) is 31.2 Å². The van der Waals surface area contributed by atoms with Crippen LogP contribution in [0.25, 0.3) is 5.82 Å². The number of piperazine rings is 1. The topological polar surface area (TPSA) is 104 Å². The second-order valence-electron chi connectivity index (χ2n) is 8.49. The van der Waals surface area contributed by atoms with Gasteiger partial charge in [-0.15, -0.1) is 0 Å². The molecule has 1 aliphatic heterocycles. The van der Waals surface area contributed by atoms with Gasteiger partial charge in [0.25, 0.3) is 0 Å². The predicted molar refractivity (Wildman–Crippen MR) is 125 cm³/mol. The van der Waals surface area contributed by atoms with Crippen LogP contribution in [0.3, 0.4) is 0 Å². The first-order valence-electron chi connectivity index (χ1n) is 11.0. The van der Waals surface area contributed by atoms with Gasteiger partial charge in [0.05, 0.1) is 23.9 Å². The molecule has 0 aliphatic carbocycles. The summed E-state index contributed by atoms with van der Waals surface area (Å²) in [4.78, 5) is 28.3. The van der Waals surface area contributed by atoms with Crippen LogP contribution in [0.2, 0.25) is 0 Å². The van der Waals surface area contributed by atoms with E-state index in [4.69, 9.17) is 17.0 Å². The Morgan fingerprint density at radius 1 is 1.24 bits per heavy atom. The Bertz CT molecular complexity index is 1160. The normalized spacial score (nSPS) is 14.7. The minimum atomic E-state index is -0.392. The monoisotopic (exact) mass is 471 g/mol. The largest absolute Gasteiger partial charge is 0.493 e. The number of nitrogens with zero attached hydrogens (tertiary/aromatic N) is 6. The number of rotatable bonds is 6. The third-order valence-electron chi connectivity index (χ3n) is 5.70. The lowest BCUT2D eigenvalue weighted by Crippen LogP contribution is -2.49. The number of amides is 1. The van der Waals surface area contributed by atoms with Gasteiger partial charge in [0.15, 0.2) is 10.5 Å². The number of carbonyl (C=O) groups excluding carboxylic acids is 1. The lowest BCUT2D eigenvalue weighted by Gasteiger charge is -2.33. The molecule has 1 fully saturated rings. The first-order chi connectivity index (χ1) is 15.8. The molecule has 1 amide bonds. The molecule has 2 N–H and O–H groups in total. The zero-order valence-electron chi connectivity index (χ0n) is 19.1. The zero-order chi connectivity index (χ0) is 23.5. The number of aryl methyl sites for hydroxylation is 1. The number of aromatic nitrogens is 5. The number of carbonyl (C=O) groups is 1. The first-order valence-corrected chi connectivity index (χ1v) is 11.4. The molecular weight excluding hydrogens is 442 g/mol. The van der Waals surface area contributed by atoms with E-state index in [0.29, 0.717) is 35.1 Å². The summed E-state index contributed by atoms with van der Waals surface area (Å²) in [6.07, 6.45) is 5.80. The van der Waals surface area contributed by atoms with Crippen molar-refractivity contribution in [3.63, 3.8) is 0 Å². The van der Waals surface area contributed by atoms with Crippen LogP contribution in [-0.4, -0.2) is 77.8 Å². The lowest BCUT2D eigenvalue weighted by molar-refractivity contribution is 0.111. The number of ether oxygens (including phenoxy) is 1. The summed E-state index contributed by atoms with van der Waals surface area (Å²) in [5.41, 5.74) is 1.72. The first kappa shape index (κ1) is 23.0. The number of aromatic hydroxyl groups is 1. The summed E-state index contributed by atoms with van der Waals surface area (Å²) in [6.45, 7) is 7.64. The van der Waals surface area contributed by atoms with Crippen molar-refractivity contribution in [1.29, 1.82) is 0 Å². The Morgan fingerprint density at radius 3 is 2.58 bits per heavy atom. The van der Waals surface area contributed by atoms with E-state index in [0.717, 1.165) is 31.7 Å². The highest BCUT2D eigenvalue weighted by atomic mass is 32.1. The molecule has 0 radical (unpaired) electrons. The van der Waals surface area contributed by atoms with Crippen LogP contribution in [-0.2, 0) is 13.5 Å². The Hall–Kier alpha value is -3.18. The third kappa shape index (κ3) is 5.25. The van der Waals surface area contributed by atoms with E-state index in [1.165, 1.54) is 10.8 Å². The lowest BCUT2D eigenvalue weighted by atomic mass is 10.1. The highest BCUT2D eigenvalue weighted by Crippen LogP contribution is 2.27. The van der Waals surface area contributed by atoms with Crippen molar-refractivity contribution in [3.05, 3.63) is 47.0 Å². The average Bonchev–Trinajstić information content (AvgIpc) is 3.35. The van der Waals surface area contributed by atoms with Crippen molar-refractivity contribution in [2.75, 3.05) is 32.7 Å². The molecule has 1 aliphatic rings. The minimum Gasteiger partial charge on any atom is -0.493 e. The summed E-state index contributed by atoms with van der Waals surface area (Å²) < 4.78 is 9.27. The van der Waals surface area contributed by atoms with Crippen molar-refractivity contribution in [2.24, 2.45) is 7.05 Å². The average molecular weight is 472 g/mol. The minimum absolute atomic E-state index is 0.0353. The van der Waals surface area contributed by atoms with E-state index in [-0.39, 0.29) is 11.8 Å². The number of pyridine rings is 1. The molecule has 0 atom stereocenters. The molecule has 0 aromatic carbocycles. The van der Waals surface area contributed by atoms with Gasteiger partial charge in [-0.05, 0) is 30.3 Å². The van der Waals surface area contributed by atoms with E-state index in [1.807, 2.05) is 38.0 Å². The Kier molecular flexibility index (Phi) is 6.80. The highest BCUT2D eigenvalue weighted by molar-refractivity contribution is 7.71. The van der Waals surface area contributed by atoms with Gasteiger partial charge >= 0.3 is 6.09 Å². The number of H-pyrrole nitrogens is 1. The van der Waals surface area contributed by atoms with Crippen molar-refractivity contribution >= 4 is 18.3 Å². The van der Waals surface area contributed by atoms with Crippen molar-refractivity contribution < 1.29 is 14.6 Å². The molecule has 33 heavy (non-hydrogen) atoms. The molecule has 0 spiro atoms. The maximum absolute atomic E-state index is 12.6. The number of nitrogens with one attached hydrogen (secondary N) is 1. The molecule has 10 nitrogen and oxygen atoms in total. The van der Waals surface area contributed by atoms with Crippen LogP contribution in [0.4, 0.5) is 4.79 Å². The molecule has 0 bridgehead atoms. The van der Waals surface area contributed by atoms with Gasteiger partial charge in [-0.3, -0.25) is 4.90 Å². The fourth-order valence-electron chi connectivity index (χ4n) is 3.81.